The molecule has 0 aromatic carbocycles. The molecule has 3 nitrogen and oxygen atoms in total. The molecule has 0 aliphatic carbocycles. The minimum absolute atomic E-state index is 0.240. The molecule has 0 radical (unpaired) electrons. The van der Waals surface area contributed by atoms with Crippen molar-refractivity contribution < 1.29 is 0 Å². The predicted octanol–water partition coefficient (Wildman–Crippen LogP) is -0.697. The fourth-order valence-corrected chi connectivity index (χ4v) is 1.25. The third kappa shape index (κ3) is 0.947. The summed E-state index contributed by atoms with van der Waals surface area (Å²) in [5, 5.41) is 0. The summed E-state index contributed by atoms with van der Waals surface area (Å²) in [6.45, 7) is 0. The molecule has 0 amide bonds. The molecule has 1 heterocycles. The van der Waals surface area contributed by atoms with Crippen molar-refractivity contribution in [1.29, 1.82) is 0 Å². The molecule has 0 fully saturated rings. The fraction of sp³-hybridized carbons (Fsp3) is 0. The van der Waals surface area contributed by atoms with Crippen LogP contribution in [0.25, 0.3) is 0 Å². The Kier molecular flexibility index (Phi) is 1.04. The monoisotopic (exact) mass is 163 g/mol. The van der Waals surface area contributed by atoms with Crippen molar-refractivity contribution >= 4 is 25.0 Å². The first-order chi connectivity index (χ1) is 3.29. The maximum atomic E-state index is 5.27. The summed E-state index contributed by atoms with van der Waals surface area (Å²) >= 11 is 0.240. The Morgan fingerprint density at radius 3 is 2.43 bits per heavy atom. The summed E-state index contributed by atoms with van der Waals surface area (Å²) in [5.41, 5.74) is 10.5. The van der Waals surface area contributed by atoms with Crippen LogP contribution in [-0.2, 0) is 0 Å². The Morgan fingerprint density at radius 2 is 2.29 bits per heavy atom. The van der Waals surface area contributed by atoms with Crippen molar-refractivity contribution in [3.63, 3.8) is 0 Å². The molecule has 0 unspecified atom stereocenters. The van der Waals surface area contributed by atoms with Gasteiger partial charge in [-0.2, -0.15) is 0 Å². The van der Waals surface area contributed by atoms with Gasteiger partial charge in [-0.1, -0.05) is 0 Å². The van der Waals surface area contributed by atoms with Gasteiger partial charge < -0.3 is 0 Å². The van der Waals surface area contributed by atoms with Crippen LogP contribution in [0.4, 0.5) is 10.5 Å². The van der Waals surface area contributed by atoms with Crippen LogP contribution in [-0.4, -0.2) is 19.5 Å². The molecule has 4 heteroatoms. The van der Waals surface area contributed by atoms with Crippen molar-refractivity contribution in [3.05, 3.63) is 4.94 Å². The number of hydrogen-bond donors (Lipinski definition) is 2. The minimum atomic E-state index is 0.240. The molecule has 0 aliphatic rings. The Bertz CT molecular complexity index is 142. The Labute approximate surface area is 47.1 Å². The molecule has 7 heavy (non-hydrogen) atoms. The van der Waals surface area contributed by atoms with E-state index in [4.69, 9.17) is 11.5 Å². The predicted molar refractivity (Wildman–Crippen MR) is 30.0 cm³/mol. The van der Waals surface area contributed by atoms with E-state index in [2.05, 4.69) is 4.98 Å². The maximum absolute atomic E-state index is 5.27. The first kappa shape index (κ1) is 4.68. The molecule has 1 aromatic heterocycles. The average molecular weight is 162 g/mol. The number of nitrogens with two attached hydrogens (primary N) is 2. The van der Waals surface area contributed by atoms with E-state index in [1.54, 1.807) is 0 Å². The topological polar surface area (TPSA) is 64.9 Å². The standard InChI is InChI=1S/C3H5N3Se/c4-2-1-7-3(5)6-2/h1H,4H2,(H2,5,6). The van der Waals surface area contributed by atoms with E-state index >= 15 is 0 Å². The number of hydrogen-bond acceptors (Lipinski definition) is 3. The Morgan fingerprint density at radius 1 is 1.57 bits per heavy atom. The van der Waals surface area contributed by atoms with Crippen molar-refractivity contribution in [2.45, 2.75) is 0 Å². The summed E-state index contributed by atoms with van der Waals surface area (Å²) in [5.74, 6) is 0.567. The molecule has 0 saturated heterocycles. The van der Waals surface area contributed by atoms with E-state index in [1.165, 1.54) is 0 Å². The summed E-state index contributed by atoms with van der Waals surface area (Å²) in [6.07, 6.45) is 0. The number of nitrogen functional groups attached to an aromatic ring is 2. The molecule has 4 N–H and O–H groups in total. The van der Waals surface area contributed by atoms with Crippen molar-refractivity contribution in [3.8, 4) is 0 Å². The van der Waals surface area contributed by atoms with E-state index in [-0.39, 0.29) is 14.5 Å². The van der Waals surface area contributed by atoms with Gasteiger partial charge in [-0.15, -0.1) is 0 Å². The number of rotatable bonds is 0. The molecular weight excluding hydrogens is 157 g/mol. The van der Waals surface area contributed by atoms with Gasteiger partial charge in [-0.05, 0) is 0 Å². The van der Waals surface area contributed by atoms with Crippen LogP contribution < -0.4 is 11.5 Å². The van der Waals surface area contributed by atoms with Crippen LogP contribution in [0.1, 0.15) is 0 Å². The van der Waals surface area contributed by atoms with Gasteiger partial charge in [0, 0.05) is 0 Å². The summed E-state index contributed by atoms with van der Waals surface area (Å²) in [7, 11) is 0. The number of aromatic nitrogens is 1. The molecule has 0 aliphatic heterocycles. The molecule has 0 atom stereocenters. The van der Waals surface area contributed by atoms with Crippen LogP contribution in [0.5, 0.6) is 0 Å². The zero-order valence-electron chi connectivity index (χ0n) is 3.59. The van der Waals surface area contributed by atoms with Crippen molar-refractivity contribution in [1.82, 2.24) is 4.98 Å². The second kappa shape index (κ2) is 1.56. The van der Waals surface area contributed by atoms with Gasteiger partial charge in [0.15, 0.2) is 0 Å². The van der Waals surface area contributed by atoms with Gasteiger partial charge in [0.1, 0.15) is 0 Å². The summed E-state index contributed by atoms with van der Waals surface area (Å²) in [6, 6.07) is 0. The summed E-state index contributed by atoms with van der Waals surface area (Å²) < 4.78 is 0.671. The average Bonchev–Trinajstić information content (AvgIpc) is 1.87. The van der Waals surface area contributed by atoms with Crippen LogP contribution in [0, 0.1) is 0 Å². The third-order valence-corrected chi connectivity index (χ3v) is 1.99. The van der Waals surface area contributed by atoms with E-state index in [0.717, 1.165) is 0 Å². The van der Waals surface area contributed by atoms with Gasteiger partial charge >= 0.3 is 46.4 Å². The second-order valence-corrected chi connectivity index (χ2v) is 2.98. The van der Waals surface area contributed by atoms with Gasteiger partial charge in [-0.25, -0.2) is 0 Å². The van der Waals surface area contributed by atoms with Gasteiger partial charge in [0.05, 0.1) is 0 Å². The number of nitrogens with zero attached hydrogens (tertiary/aromatic N) is 1. The van der Waals surface area contributed by atoms with E-state index in [9.17, 15) is 0 Å². The van der Waals surface area contributed by atoms with Crippen molar-refractivity contribution in [2.75, 3.05) is 11.5 Å². The van der Waals surface area contributed by atoms with Gasteiger partial charge in [0.2, 0.25) is 0 Å². The van der Waals surface area contributed by atoms with Crippen molar-refractivity contribution in [2.24, 2.45) is 0 Å². The first-order valence-electron chi connectivity index (χ1n) is 1.75. The molecular formula is C3H5N3Se. The van der Waals surface area contributed by atoms with Crippen LogP contribution in [0.3, 0.4) is 0 Å². The summed E-state index contributed by atoms with van der Waals surface area (Å²) in [4.78, 5) is 5.60. The third-order valence-electron chi connectivity index (χ3n) is 0.540. The quantitative estimate of drug-likeness (QED) is 0.496. The Hall–Kier alpha value is -0.471. The van der Waals surface area contributed by atoms with E-state index < -0.39 is 0 Å². The SMILES string of the molecule is Nc1c[se]c(N)n1. The van der Waals surface area contributed by atoms with Gasteiger partial charge in [0.25, 0.3) is 0 Å². The molecule has 0 bridgehead atoms. The van der Waals surface area contributed by atoms with Crippen LogP contribution >= 0.6 is 0 Å². The zero-order valence-corrected chi connectivity index (χ0v) is 5.30. The second-order valence-electron chi connectivity index (χ2n) is 1.11. The van der Waals surface area contributed by atoms with Crippen LogP contribution in [0.2, 0.25) is 0 Å². The molecule has 0 saturated carbocycles. The molecule has 1 rings (SSSR count). The number of anilines is 2. The molecule has 1 aromatic rings. The zero-order chi connectivity index (χ0) is 5.28. The van der Waals surface area contributed by atoms with E-state index in [0.29, 0.717) is 10.5 Å². The normalized spacial score (nSPS) is 9.14. The van der Waals surface area contributed by atoms with Crippen LogP contribution in [0.15, 0.2) is 4.94 Å². The van der Waals surface area contributed by atoms with Gasteiger partial charge in [-0.3, -0.25) is 0 Å². The molecule has 0 spiro atoms. The molecule has 38 valence electrons. The Balaban J connectivity index is 3.04. The first-order valence-corrected chi connectivity index (χ1v) is 3.60. The van der Waals surface area contributed by atoms with E-state index in [1.807, 2.05) is 4.94 Å². The fourth-order valence-electron chi connectivity index (χ4n) is 0.301.